The number of sulfonamides is 1. The number of rotatable bonds is 6. The van der Waals surface area contributed by atoms with Crippen LogP contribution in [0.15, 0.2) is 29.2 Å². The lowest BCUT2D eigenvalue weighted by Crippen LogP contribution is -2.28. The zero-order valence-corrected chi connectivity index (χ0v) is 11.4. The minimum absolute atomic E-state index is 0.0423. The number of nitrogens with one attached hydrogen (secondary N) is 1. The third-order valence-corrected chi connectivity index (χ3v) is 3.77. The first kappa shape index (κ1) is 15.1. The summed E-state index contributed by atoms with van der Waals surface area (Å²) < 4.78 is 22.2. The van der Waals surface area contributed by atoms with Gasteiger partial charge >= 0.3 is 0 Å². The molecule has 0 amide bonds. The van der Waals surface area contributed by atoms with Gasteiger partial charge in [-0.25, -0.2) is 13.6 Å². The van der Waals surface area contributed by atoms with Crippen molar-refractivity contribution in [3.05, 3.63) is 29.8 Å². The summed E-state index contributed by atoms with van der Waals surface area (Å²) in [5.74, 6) is 0. The minimum Gasteiger partial charge on any atom is -0.392 e. The highest BCUT2D eigenvalue weighted by Gasteiger charge is 2.10. The summed E-state index contributed by atoms with van der Waals surface area (Å²) in [6, 6.07) is 6.45. The predicted molar refractivity (Wildman–Crippen MR) is 70.5 cm³/mol. The normalized spacial score (nSPS) is 15.3. The topological polar surface area (TPSA) is 92.4 Å². The van der Waals surface area contributed by atoms with Crippen molar-refractivity contribution in [3.8, 4) is 0 Å². The van der Waals surface area contributed by atoms with Gasteiger partial charge in [-0.1, -0.05) is 19.1 Å². The van der Waals surface area contributed by atoms with Gasteiger partial charge in [0, 0.05) is 12.6 Å². The quantitative estimate of drug-likeness (QED) is 0.712. The molecule has 2 atom stereocenters. The fraction of sp³-hybridized carbons (Fsp3) is 0.500. The van der Waals surface area contributed by atoms with Gasteiger partial charge in [0.2, 0.25) is 10.0 Å². The minimum atomic E-state index is -3.64. The van der Waals surface area contributed by atoms with Gasteiger partial charge < -0.3 is 10.4 Å². The van der Waals surface area contributed by atoms with E-state index in [4.69, 9.17) is 5.14 Å². The van der Waals surface area contributed by atoms with Gasteiger partial charge in [0.05, 0.1) is 11.0 Å². The lowest BCUT2D eigenvalue weighted by Gasteiger charge is -2.16. The Morgan fingerprint density at radius 2 is 1.89 bits per heavy atom. The maximum absolute atomic E-state index is 11.1. The molecular weight excluding hydrogens is 252 g/mol. The molecule has 0 aliphatic carbocycles. The highest BCUT2D eigenvalue weighted by Crippen LogP contribution is 2.15. The molecule has 0 spiro atoms. The maximum Gasteiger partial charge on any atom is 0.238 e. The summed E-state index contributed by atoms with van der Waals surface area (Å²) in [4.78, 5) is 0.104. The lowest BCUT2D eigenvalue weighted by molar-refractivity contribution is 0.164. The molecule has 5 nitrogen and oxygen atoms in total. The summed E-state index contributed by atoms with van der Waals surface area (Å²) in [7, 11) is -3.64. The van der Waals surface area contributed by atoms with Gasteiger partial charge in [0.15, 0.2) is 0 Å². The van der Waals surface area contributed by atoms with Crippen molar-refractivity contribution < 1.29 is 13.5 Å². The van der Waals surface area contributed by atoms with Crippen molar-refractivity contribution in [2.24, 2.45) is 5.14 Å². The number of hydrogen-bond donors (Lipinski definition) is 3. The van der Waals surface area contributed by atoms with Crippen LogP contribution in [0.1, 0.15) is 31.9 Å². The second-order valence-corrected chi connectivity index (χ2v) is 5.87. The average Bonchev–Trinajstić information content (AvgIpc) is 2.34. The van der Waals surface area contributed by atoms with Gasteiger partial charge in [-0.15, -0.1) is 0 Å². The molecule has 0 radical (unpaired) electrons. The summed E-state index contributed by atoms with van der Waals surface area (Å²) in [5.41, 5.74) is 0.950. The van der Waals surface area contributed by atoms with E-state index in [-0.39, 0.29) is 17.0 Å². The van der Waals surface area contributed by atoms with Crippen molar-refractivity contribution in [1.82, 2.24) is 5.32 Å². The summed E-state index contributed by atoms with van der Waals surface area (Å²) in [6.07, 6.45) is 0.334. The van der Waals surface area contributed by atoms with Crippen LogP contribution in [0.2, 0.25) is 0 Å². The highest BCUT2D eigenvalue weighted by atomic mass is 32.2. The van der Waals surface area contributed by atoms with E-state index in [0.717, 1.165) is 5.56 Å². The first-order valence-corrected chi connectivity index (χ1v) is 7.43. The average molecular weight is 272 g/mol. The zero-order valence-electron chi connectivity index (χ0n) is 10.6. The summed E-state index contributed by atoms with van der Waals surface area (Å²) in [6.45, 7) is 4.38. The Labute approximate surface area is 108 Å². The molecule has 0 fully saturated rings. The van der Waals surface area contributed by atoms with Gasteiger partial charge in [-0.05, 0) is 31.0 Å². The van der Waals surface area contributed by atoms with Crippen LogP contribution < -0.4 is 10.5 Å². The van der Waals surface area contributed by atoms with E-state index in [0.29, 0.717) is 13.0 Å². The smallest absolute Gasteiger partial charge is 0.238 e. The number of hydrogen-bond acceptors (Lipinski definition) is 4. The van der Waals surface area contributed by atoms with Crippen molar-refractivity contribution in [2.45, 2.75) is 37.3 Å². The van der Waals surface area contributed by atoms with Gasteiger partial charge in [-0.2, -0.15) is 0 Å². The fourth-order valence-corrected chi connectivity index (χ4v) is 2.04. The Hall–Kier alpha value is -0.950. The van der Waals surface area contributed by atoms with Gasteiger partial charge in [-0.3, -0.25) is 0 Å². The van der Waals surface area contributed by atoms with E-state index >= 15 is 0 Å². The second kappa shape index (κ2) is 6.29. The molecule has 0 aromatic heterocycles. The molecule has 102 valence electrons. The first-order valence-electron chi connectivity index (χ1n) is 5.88. The largest absolute Gasteiger partial charge is 0.392 e. The summed E-state index contributed by atoms with van der Waals surface area (Å²) in [5, 5.41) is 17.6. The molecule has 2 unspecified atom stereocenters. The first-order chi connectivity index (χ1) is 8.34. The second-order valence-electron chi connectivity index (χ2n) is 4.31. The summed E-state index contributed by atoms with van der Waals surface area (Å²) >= 11 is 0. The number of aliphatic hydroxyl groups excluding tert-OH is 1. The van der Waals surface area contributed by atoms with E-state index in [1.54, 1.807) is 12.1 Å². The Kier molecular flexibility index (Phi) is 5.28. The third-order valence-electron chi connectivity index (χ3n) is 2.84. The van der Waals surface area contributed by atoms with Gasteiger partial charge in [0.1, 0.15) is 0 Å². The number of nitrogens with two attached hydrogens (primary N) is 1. The third kappa shape index (κ3) is 4.38. The van der Waals surface area contributed by atoms with Crippen LogP contribution in [-0.2, 0) is 10.0 Å². The molecule has 1 aromatic carbocycles. The van der Waals surface area contributed by atoms with Crippen molar-refractivity contribution in [3.63, 3.8) is 0 Å². The van der Waals surface area contributed by atoms with Gasteiger partial charge in [0.25, 0.3) is 0 Å². The molecular formula is C12H20N2O3S. The monoisotopic (exact) mass is 272 g/mol. The number of primary sulfonamides is 1. The Morgan fingerprint density at radius 1 is 1.33 bits per heavy atom. The predicted octanol–water partition coefficient (Wildman–Crippen LogP) is 0.756. The molecule has 1 rings (SSSR count). The van der Waals surface area contributed by atoms with E-state index in [1.165, 1.54) is 12.1 Å². The van der Waals surface area contributed by atoms with Crippen LogP contribution >= 0.6 is 0 Å². The van der Waals surface area contributed by atoms with Crippen molar-refractivity contribution >= 4 is 10.0 Å². The fourth-order valence-electron chi connectivity index (χ4n) is 1.52. The molecule has 0 bridgehead atoms. The Bertz CT molecular complexity index is 471. The Balaban J connectivity index is 2.68. The molecule has 0 saturated heterocycles. The molecule has 1 aromatic rings. The van der Waals surface area contributed by atoms with E-state index < -0.39 is 10.0 Å². The Morgan fingerprint density at radius 3 is 2.33 bits per heavy atom. The van der Waals surface area contributed by atoms with Crippen LogP contribution in [0, 0.1) is 0 Å². The molecule has 18 heavy (non-hydrogen) atoms. The van der Waals surface area contributed by atoms with E-state index in [2.05, 4.69) is 5.32 Å². The van der Waals surface area contributed by atoms with E-state index in [9.17, 15) is 13.5 Å². The van der Waals surface area contributed by atoms with Crippen molar-refractivity contribution in [2.75, 3.05) is 6.54 Å². The van der Waals surface area contributed by atoms with Crippen LogP contribution in [-0.4, -0.2) is 26.2 Å². The maximum atomic E-state index is 11.1. The van der Waals surface area contributed by atoms with Crippen LogP contribution in [0.4, 0.5) is 0 Å². The molecule has 4 N–H and O–H groups in total. The number of aliphatic hydroxyl groups is 1. The number of benzene rings is 1. The standard InChI is InChI=1S/C12H20N2O3S/c1-3-11(15)8-14-9(2)10-4-6-12(7-5-10)18(13,16)17/h4-7,9,11,14-15H,3,8H2,1-2H3,(H2,13,16,17). The van der Waals surface area contributed by atoms with Crippen LogP contribution in [0.25, 0.3) is 0 Å². The molecule has 0 aliphatic heterocycles. The SMILES string of the molecule is CCC(O)CNC(C)c1ccc(S(N)(=O)=O)cc1. The lowest BCUT2D eigenvalue weighted by atomic mass is 10.1. The highest BCUT2D eigenvalue weighted by molar-refractivity contribution is 7.89. The molecule has 0 saturated carbocycles. The van der Waals surface area contributed by atoms with Crippen molar-refractivity contribution in [1.29, 1.82) is 0 Å². The molecule has 6 heteroatoms. The van der Waals surface area contributed by atoms with Crippen LogP contribution in [0.3, 0.4) is 0 Å². The van der Waals surface area contributed by atoms with Crippen LogP contribution in [0.5, 0.6) is 0 Å². The molecule has 0 heterocycles. The molecule has 0 aliphatic rings. The zero-order chi connectivity index (χ0) is 13.8. The van der Waals surface area contributed by atoms with E-state index in [1.807, 2.05) is 13.8 Å².